The SMILES string of the molecule is CCOc1ccccc1-c1noc(COC(=O)c2ccc(N(CC)CC)cc2)n1. The summed E-state index contributed by atoms with van der Waals surface area (Å²) in [5.74, 6) is 0.848. The first-order valence-corrected chi connectivity index (χ1v) is 9.73. The molecule has 3 aromatic rings. The Kier molecular flexibility index (Phi) is 6.84. The average molecular weight is 395 g/mol. The van der Waals surface area contributed by atoms with Gasteiger partial charge in [-0.3, -0.25) is 0 Å². The van der Waals surface area contributed by atoms with E-state index in [2.05, 4.69) is 28.9 Å². The molecule has 0 bridgehead atoms. The number of esters is 1. The van der Waals surface area contributed by atoms with E-state index in [9.17, 15) is 4.79 Å². The summed E-state index contributed by atoms with van der Waals surface area (Å²) in [4.78, 5) is 18.8. The van der Waals surface area contributed by atoms with Crippen LogP contribution in [0, 0.1) is 0 Å². The largest absolute Gasteiger partial charge is 0.493 e. The van der Waals surface area contributed by atoms with Crippen molar-refractivity contribution in [1.82, 2.24) is 10.1 Å². The first kappa shape index (κ1) is 20.4. The van der Waals surface area contributed by atoms with Crippen molar-refractivity contribution in [2.24, 2.45) is 0 Å². The summed E-state index contributed by atoms with van der Waals surface area (Å²) in [5, 5.41) is 3.97. The van der Waals surface area contributed by atoms with Gasteiger partial charge in [-0.1, -0.05) is 17.3 Å². The number of ether oxygens (including phenoxy) is 2. The molecule has 152 valence electrons. The number of aromatic nitrogens is 2. The summed E-state index contributed by atoms with van der Waals surface area (Å²) in [6.45, 7) is 8.35. The molecule has 0 saturated carbocycles. The maximum absolute atomic E-state index is 12.3. The van der Waals surface area contributed by atoms with E-state index in [0.29, 0.717) is 23.7 Å². The van der Waals surface area contributed by atoms with Crippen LogP contribution in [-0.2, 0) is 11.3 Å². The summed E-state index contributed by atoms with van der Waals surface area (Å²) in [5.41, 5.74) is 2.27. The van der Waals surface area contributed by atoms with Crippen LogP contribution in [0.15, 0.2) is 53.1 Å². The second-order valence-electron chi connectivity index (χ2n) is 6.24. The van der Waals surface area contributed by atoms with Crippen molar-refractivity contribution in [3.63, 3.8) is 0 Å². The van der Waals surface area contributed by atoms with Crippen LogP contribution in [0.2, 0.25) is 0 Å². The van der Waals surface area contributed by atoms with Gasteiger partial charge in [0, 0.05) is 18.8 Å². The lowest BCUT2D eigenvalue weighted by Crippen LogP contribution is -2.21. The number of benzene rings is 2. The number of rotatable bonds is 9. The van der Waals surface area contributed by atoms with Gasteiger partial charge in [0.1, 0.15) is 5.75 Å². The molecule has 29 heavy (non-hydrogen) atoms. The van der Waals surface area contributed by atoms with E-state index in [1.807, 2.05) is 43.3 Å². The fourth-order valence-electron chi connectivity index (χ4n) is 2.96. The number of para-hydroxylation sites is 1. The molecule has 0 radical (unpaired) electrons. The highest BCUT2D eigenvalue weighted by Gasteiger charge is 2.15. The zero-order valence-electron chi connectivity index (χ0n) is 16.9. The highest BCUT2D eigenvalue weighted by Crippen LogP contribution is 2.27. The van der Waals surface area contributed by atoms with Gasteiger partial charge in [-0.15, -0.1) is 0 Å². The Bertz CT molecular complexity index is 933. The van der Waals surface area contributed by atoms with Crippen LogP contribution in [0.1, 0.15) is 37.0 Å². The minimum absolute atomic E-state index is 0.0968. The van der Waals surface area contributed by atoms with Crippen LogP contribution >= 0.6 is 0 Å². The average Bonchev–Trinajstić information content (AvgIpc) is 3.23. The van der Waals surface area contributed by atoms with Gasteiger partial charge in [-0.05, 0) is 57.2 Å². The molecule has 1 heterocycles. The molecule has 0 N–H and O–H groups in total. The molecule has 0 atom stereocenters. The third-order valence-electron chi connectivity index (χ3n) is 4.45. The summed E-state index contributed by atoms with van der Waals surface area (Å²) >= 11 is 0. The van der Waals surface area contributed by atoms with Gasteiger partial charge in [0.15, 0.2) is 6.61 Å². The lowest BCUT2D eigenvalue weighted by molar-refractivity contribution is 0.0430. The first-order valence-electron chi connectivity index (χ1n) is 9.73. The van der Waals surface area contributed by atoms with Crippen LogP contribution in [-0.4, -0.2) is 35.8 Å². The standard InChI is InChI=1S/C22H25N3O4/c1-4-25(5-2)17-13-11-16(12-14-17)22(26)28-15-20-23-21(24-29-20)18-9-7-8-10-19(18)27-6-3/h7-14H,4-6,15H2,1-3H3. The topological polar surface area (TPSA) is 77.7 Å². The Morgan fingerprint density at radius 2 is 1.76 bits per heavy atom. The van der Waals surface area contributed by atoms with Crippen molar-refractivity contribution in [1.29, 1.82) is 0 Å². The Morgan fingerprint density at radius 1 is 1.03 bits per heavy atom. The molecule has 3 rings (SSSR count). The van der Waals surface area contributed by atoms with Crippen LogP contribution < -0.4 is 9.64 Å². The number of carbonyl (C=O) groups is 1. The summed E-state index contributed by atoms with van der Waals surface area (Å²) < 4.78 is 16.1. The second kappa shape index (κ2) is 9.73. The molecule has 7 nitrogen and oxygen atoms in total. The number of hydrogen-bond donors (Lipinski definition) is 0. The smallest absolute Gasteiger partial charge is 0.338 e. The third kappa shape index (κ3) is 4.93. The van der Waals surface area contributed by atoms with Crippen LogP contribution in [0.4, 0.5) is 5.69 Å². The summed E-state index contributed by atoms with van der Waals surface area (Å²) in [6, 6.07) is 14.8. The molecule has 0 aliphatic carbocycles. The fourth-order valence-corrected chi connectivity index (χ4v) is 2.96. The van der Waals surface area contributed by atoms with Gasteiger partial charge in [0.25, 0.3) is 5.89 Å². The highest BCUT2D eigenvalue weighted by molar-refractivity contribution is 5.89. The first-order chi connectivity index (χ1) is 14.2. The van der Waals surface area contributed by atoms with Gasteiger partial charge in [-0.25, -0.2) is 4.79 Å². The van der Waals surface area contributed by atoms with Crippen molar-refractivity contribution in [3.8, 4) is 17.1 Å². The minimum Gasteiger partial charge on any atom is -0.493 e. The van der Waals surface area contributed by atoms with Crippen molar-refractivity contribution in [2.45, 2.75) is 27.4 Å². The molecular formula is C22H25N3O4. The quantitative estimate of drug-likeness (QED) is 0.499. The molecule has 0 unspecified atom stereocenters. The molecule has 0 aliphatic heterocycles. The van der Waals surface area contributed by atoms with E-state index in [1.54, 1.807) is 12.1 Å². The van der Waals surface area contributed by atoms with E-state index in [1.165, 1.54) is 0 Å². The molecule has 2 aromatic carbocycles. The molecular weight excluding hydrogens is 370 g/mol. The van der Waals surface area contributed by atoms with E-state index in [-0.39, 0.29) is 12.5 Å². The van der Waals surface area contributed by atoms with Gasteiger partial charge >= 0.3 is 5.97 Å². The molecule has 0 fully saturated rings. The normalized spacial score (nSPS) is 10.6. The lowest BCUT2D eigenvalue weighted by atomic mass is 10.2. The fraction of sp³-hybridized carbons (Fsp3) is 0.318. The van der Waals surface area contributed by atoms with Crippen molar-refractivity contribution < 1.29 is 18.8 Å². The van der Waals surface area contributed by atoms with E-state index in [4.69, 9.17) is 14.0 Å². The maximum atomic E-state index is 12.3. The van der Waals surface area contributed by atoms with Crippen molar-refractivity contribution in [2.75, 3.05) is 24.6 Å². The number of hydrogen-bond acceptors (Lipinski definition) is 7. The number of carbonyl (C=O) groups excluding carboxylic acids is 1. The number of anilines is 1. The lowest BCUT2D eigenvalue weighted by Gasteiger charge is -2.20. The third-order valence-corrected chi connectivity index (χ3v) is 4.45. The second-order valence-corrected chi connectivity index (χ2v) is 6.24. The summed E-state index contributed by atoms with van der Waals surface area (Å²) in [6.07, 6.45) is 0. The highest BCUT2D eigenvalue weighted by atomic mass is 16.6. The predicted octanol–water partition coefficient (Wildman–Crippen LogP) is 4.34. The zero-order chi connectivity index (χ0) is 20.6. The number of nitrogens with zero attached hydrogens (tertiary/aromatic N) is 3. The van der Waals surface area contributed by atoms with Crippen LogP contribution in [0.5, 0.6) is 5.75 Å². The van der Waals surface area contributed by atoms with E-state index in [0.717, 1.165) is 24.3 Å². The van der Waals surface area contributed by atoms with Gasteiger partial charge < -0.3 is 18.9 Å². The summed E-state index contributed by atoms with van der Waals surface area (Å²) in [7, 11) is 0. The van der Waals surface area contributed by atoms with Gasteiger partial charge in [-0.2, -0.15) is 4.98 Å². The van der Waals surface area contributed by atoms with E-state index >= 15 is 0 Å². The van der Waals surface area contributed by atoms with Crippen LogP contribution in [0.3, 0.4) is 0 Å². The van der Waals surface area contributed by atoms with Gasteiger partial charge in [0.05, 0.1) is 17.7 Å². The van der Waals surface area contributed by atoms with Crippen molar-refractivity contribution in [3.05, 3.63) is 60.0 Å². The minimum atomic E-state index is -0.439. The Hall–Kier alpha value is -3.35. The maximum Gasteiger partial charge on any atom is 0.338 e. The van der Waals surface area contributed by atoms with Crippen LogP contribution in [0.25, 0.3) is 11.4 Å². The Balaban J connectivity index is 1.63. The van der Waals surface area contributed by atoms with Gasteiger partial charge in [0.2, 0.25) is 5.82 Å². The molecule has 0 amide bonds. The molecule has 0 aliphatic rings. The molecule has 0 spiro atoms. The van der Waals surface area contributed by atoms with Crippen molar-refractivity contribution >= 4 is 11.7 Å². The predicted molar refractivity (Wildman–Crippen MR) is 110 cm³/mol. The molecule has 7 heteroatoms. The zero-order valence-corrected chi connectivity index (χ0v) is 16.9. The monoisotopic (exact) mass is 395 g/mol. The Morgan fingerprint density at radius 3 is 2.45 bits per heavy atom. The van der Waals surface area contributed by atoms with E-state index < -0.39 is 5.97 Å². The molecule has 0 saturated heterocycles. The molecule has 1 aromatic heterocycles. The Labute approximate surface area is 170 Å².